The minimum absolute atomic E-state index is 0.0308. The number of anilines is 1. The van der Waals surface area contributed by atoms with Crippen LogP contribution in [0.3, 0.4) is 0 Å². The molecule has 1 aromatic heterocycles. The van der Waals surface area contributed by atoms with Crippen LogP contribution in [0, 0.1) is 35.0 Å². The Morgan fingerprint density at radius 1 is 1.12 bits per heavy atom. The summed E-state index contributed by atoms with van der Waals surface area (Å²) in [5.41, 5.74) is 4.54. The number of hydrogen-bond donors (Lipinski definition) is 4. The number of nitrogens with zero attached hydrogens (tertiary/aromatic N) is 3. The Bertz CT molecular complexity index is 1290. The zero-order valence-corrected chi connectivity index (χ0v) is 23.6. The number of amides is 5. The molecule has 4 aliphatic rings. The van der Waals surface area contributed by atoms with Crippen molar-refractivity contribution in [2.45, 2.75) is 77.3 Å². The molecule has 5 amide bonds. The fourth-order valence-corrected chi connectivity index (χ4v) is 7.41. The van der Waals surface area contributed by atoms with Gasteiger partial charge in [-0.05, 0) is 54.8 Å². The Morgan fingerprint density at radius 2 is 1.81 bits per heavy atom. The summed E-state index contributed by atoms with van der Waals surface area (Å²) < 4.78 is 41.1. The second kappa shape index (κ2) is 10.6. The molecule has 2 saturated carbocycles. The van der Waals surface area contributed by atoms with Gasteiger partial charge in [0, 0.05) is 12.6 Å². The van der Waals surface area contributed by atoms with Crippen LogP contribution in [-0.2, 0) is 30.5 Å². The maximum absolute atomic E-state index is 13.9. The molecule has 2 aliphatic carbocycles. The van der Waals surface area contributed by atoms with Gasteiger partial charge in [-0.25, -0.2) is 4.68 Å². The van der Waals surface area contributed by atoms with E-state index in [1.54, 1.807) is 10.7 Å². The summed E-state index contributed by atoms with van der Waals surface area (Å²) >= 11 is 0. The van der Waals surface area contributed by atoms with Crippen molar-refractivity contribution in [1.29, 1.82) is 0 Å². The van der Waals surface area contributed by atoms with Crippen molar-refractivity contribution < 1.29 is 37.1 Å². The van der Waals surface area contributed by atoms with E-state index in [1.807, 2.05) is 5.32 Å². The number of primary amides is 1. The second-order valence-electron chi connectivity index (χ2n) is 13.1. The van der Waals surface area contributed by atoms with Crippen LogP contribution in [0.15, 0.2) is 12.3 Å². The van der Waals surface area contributed by atoms with Gasteiger partial charge in [-0.15, -0.1) is 0 Å². The summed E-state index contributed by atoms with van der Waals surface area (Å²) in [6.07, 6.45) is -1.10. The van der Waals surface area contributed by atoms with Crippen LogP contribution < -0.4 is 21.7 Å². The number of carbonyl (C=O) groups is 5. The summed E-state index contributed by atoms with van der Waals surface area (Å²) in [7, 11) is 0. The van der Waals surface area contributed by atoms with E-state index in [9.17, 15) is 37.1 Å². The standard InChI is InChI=1S/C27H36F3N7O5/c1-26(2,3)20(35-25(42)27(28,29)30)24(41)36-11-15-12-4-5-13(8-12)18(15)19(36)23(40)33-16(21(31)38)9-14-10-37-17(6-7-32-37)34-22(14)39/h6-7,12-16,18-20H,4-5,8-11H2,1-3H3,(H2,31,38)(H,33,40)(H,34,39)(H,35,42)/t12?,13?,14-,15?,16+,18?,19?,20-/m1/s1. The summed E-state index contributed by atoms with van der Waals surface area (Å²) in [6, 6.07) is -2.24. The van der Waals surface area contributed by atoms with Gasteiger partial charge >= 0.3 is 12.1 Å². The molecule has 3 heterocycles. The molecule has 0 aromatic carbocycles. The molecule has 5 unspecified atom stereocenters. The average molecular weight is 596 g/mol. The highest BCUT2D eigenvalue weighted by Crippen LogP contribution is 2.57. The Kier molecular flexibility index (Phi) is 7.50. The lowest BCUT2D eigenvalue weighted by Crippen LogP contribution is -2.61. The SMILES string of the molecule is CC(C)(C)[C@H](NC(=O)C(F)(F)F)C(=O)N1CC2C3CCC(C3)C2C1C(=O)N[C@@H](C[C@@H]1Cn2nccc2NC1=O)C(N)=O. The number of alkyl halides is 3. The predicted octanol–water partition coefficient (Wildman–Crippen LogP) is 0.778. The number of aromatic nitrogens is 2. The molecule has 5 N–H and O–H groups in total. The fourth-order valence-electron chi connectivity index (χ4n) is 7.41. The van der Waals surface area contributed by atoms with E-state index in [-0.39, 0.29) is 49.1 Å². The van der Waals surface area contributed by atoms with Crippen LogP contribution in [0.4, 0.5) is 19.0 Å². The first-order valence-corrected chi connectivity index (χ1v) is 14.2. The number of carbonyl (C=O) groups excluding carboxylic acids is 5. The number of rotatable bonds is 7. The van der Waals surface area contributed by atoms with Crippen molar-refractivity contribution in [1.82, 2.24) is 25.3 Å². The molecule has 1 aromatic rings. The van der Waals surface area contributed by atoms with E-state index < -0.39 is 59.3 Å². The van der Waals surface area contributed by atoms with E-state index in [2.05, 4.69) is 15.7 Å². The maximum atomic E-state index is 13.9. The molecule has 2 aliphatic heterocycles. The molecule has 5 rings (SSSR count). The van der Waals surface area contributed by atoms with Crippen molar-refractivity contribution in [2.24, 2.45) is 40.7 Å². The van der Waals surface area contributed by atoms with Crippen molar-refractivity contribution in [3.63, 3.8) is 0 Å². The first kappa shape index (κ1) is 29.8. The fraction of sp³-hybridized carbons (Fsp3) is 0.704. The first-order valence-electron chi connectivity index (χ1n) is 14.2. The second-order valence-corrected chi connectivity index (χ2v) is 13.1. The third-order valence-electron chi connectivity index (χ3n) is 9.38. The van der Waals surface area contributed by atoms with Crippen LogP contribution in [-0.4, -0.2) is 75.1 Å². The highest BCUT2D eigenvalue weighted by Gasteiger charge is 2.60. The van der Waals surface area contributed by atoms with E-state index in [4.69, 9.17) is 5.73 Å². The Labute approximate surface area is 240 Å². The van der Waals surface area contributed by atoms with Crippen LogP contribution in [0.1, 0.15) is 46.5 Å². The zero-order valence-electron chi connectivity index (χ0n) is 23.6. The van der Waals surface area contributed by atoms with Crippen LogP contribution in [0.25, 0.3) is 0 Å². The molecule has 0 spiro atoms. The minimum atomic E-state index is -5.20. The molecule has 15 heteroatoms. The van der Waals surface area contributed by atoms with Gasteiger partial charge in [0.2, 0.25) is 23.6 Å². The van der Waals surface area contributed by atoms with Crippen LogP contribution in [0.2, 0.25) is 0 Å². The Hall–Kier alpha value is -3.65. The molecular weight excluding hydrogens is 559 g/mol. The summed E-state index contributed by atoms with van der Waals surface area (Å²) in [6.45, 7) is 4.93. The van der Waals surface area contributed by atoms with E-state index in [0.29, 0.717) is 5.82 Å². The minimum Gasteiger partial charge on any atom is -0.368 e. The molecule has 3 fully saturated rings. The zero-order chi connectivity index (χ0) is 30.7. The van der Waals surface area contributed by atoms with Gasteiger partial charge in [-0.3, -0.25) is 24.0 Å². The van der Waals surface area contributed by atoms with Gasteiger partial charge in [-0.1, -0.05) is 20.8 Å². The van der Waals surface area contributed by atoms with Crippen molar-refractivity contribution in [3.8, 4) is 0 Å². The Balaban J connectivity index is 1.39. The molecule has 12 nitrogen and oxygen atoms in total. The number of halogens is 3. The predicted molar refractivity (Wildman–Crippen MR) is 141 cm³/mol. The van der Waals surface area contributed by atoms with E-state index >= 15 is 0 Å². The molecule has 230 valence electrons. The lowest BCUT2D eigenvalue weighted by Gasteiger charge is -2.37. The van der Waals surface area contributed by atoms with Gasteiger partial charge in [-0.2, -0.15) is 18.3 Å². The third kappa shape index (κ3) is 5.44. The third-order valence-corrected chi connectivity index (χ3v) is 9.38. The van der Waals surface area contributed by atoms with Crippen molar-refractivity contribution >= 4 is 35.4 Å². The molecule has 0 radical (unpaired) electrons. The van der Waals surface area contributed by atoms with E-state index in [0.717, 1.165) is 19.3 Å². The largest absolute Gasteiger partial charge is 0.471 e. The lowest BCUT2D eigenvalue weighted by molar-refractivity contribution is -0.176. The normalized spacial score (nSPS) is 29.8. The van der Waals surface area contributed by atoms with Gasteiger partial charge in [0.25, 0.3) is 0 Å². The van der Waals surface area contributed by atoms with Gasteiger partial charge in [0.15, 0.2) is 0 Å². The number of nitrogens with two attached hydrogens (primary N) is 1. The smallest absolute Gasteiger partial charge is 0.368 e. The van der Waals surface area contributed by atoms with Crippen LogP contribution >= 0.6 is 0 Å². The average Bonchev–Trinajstić information content (AvgIpc) is 3.66. The molecule has 2 bridgehead atoms. The first-order chi connectivity index (χ1) is 19.6. The highest BCUT2D eigenvalue weighted by atomic mass is 19.4. The van der Waals surface area contributed by atoms with Gasteiger partial charge in [0.1, 0.15) is 23.9 Å². The van der Waals surface area contributed by atoms with Crippen molar-refractivity contribution in [3.05, 3.63) is 12.3 Å². The summed E-state index contributed by atoms with van der Waals surface area (Å²) in [4.78, 5) is 66.2. The lowest BCUT2D eigenvalue weighted by atomic mass is 9.78. The maximum Gasteiger partial charge on any atom is 0.471 e. The molecule has 8 atom stereocenters. The number of likely N-dealkylation sites (tertiary alicyclic amines) is 1. The number of fused-ring (bicyclic) bond motifs is 6. The number of nitrogens with one attached hydrogen (secondary N) is 3. The van der Waals surface area contributed by atoms with Crippen LogP contribution in [0.5, 0.6) is 0 Å². The van der Waals surface area contributed by atoms with Gasteiger partial charge < -0.3 is 26.6 Å². The van der Waals surface area contributed by atoms with Crippen molar-refractivity contribution in [2.75, 3.05) is 11.9 Å². The monoisotopic (exact) mass is 595 g/mol. The highest BCUT2D eigenvalue weighted by molar-refractivity contribution is 5.97. The molecule has 42 heavy (non-hydrogen) atoms. The summed E-state index contributed by atoms with van der Waals surface area (Å²) in [5.74, 6) is -5.00. The number of hydrogen-bond acceptors (Lipinski definition) is 6. The Morgan fingerprint density at radius 3 is 2.45 bits per heavy atom. The summed E-state index contributed by atoms with van der Waals surface area (Å²) in [5, 5.41) is 11.3. The molecule has 1 saturated heterocycles. The topological polar surface area (TPSA) is 169 Å². The molecular formula is C27H36F3N7O5. The quantitative estimate of drug-likeness (QED) is 0.363. The van der Waals surface area contributed by atoms with E-state index in [1.165, 1.54) is 31.9 Å². The van der Waals surface area contributed by atoms with Gasteiger partial charge in [0.05, 0.1) is 18.7 Å².